The second kappa shape index (κ2) is 8.29. The second-order valence-corrected chi connectivity index (χ2v) is 6.86. The van der Waals surface area contributed by atoms with Gasteiger partial charge in [-0.1, -0.05) is 35.5 Å². The standard InChI is InChI=1S/C17H15ClFN5OS/c1-11(12-2-6-14(19)7-3-12)20-16(25)10-26-17-21-22-23-24(17)15-8-4-13(18)5-9-15/h2-9,11H,10H2,1H3,(H,20,25). The van der Waals surface area contributed by atoms with Crippen LogP contribution < -0.4 is 5.32 Å². The van der Waals surface area contributed by atoms with Crippen molar-refractivity contribution in [2.45, 2.75) is 18.1 Å². The summed E-state index contributed by atoms with van der Waals surface area (Å²) in [6.07, 6.45) is 0. The normalized spacial score (nSPS) is 12.0. The lowest BCUT2D eigenvalue weighted by atomic mass is 10.1. The van der Waals surface area contributed by atoms with Gasteiger partial charge in [0.2, 0.25) is 11.1 Å². The quantitative estimate of drug-likeness (QED) is 0.652. The van der Waals surface area contributed by atoms with E-state index in [1.54, 1.807) is 36.4 Å². The summed E-state index contributed by atoms with van der Waals surface area (Å²) >= 11 is 7.11. The fourth-order valence-corrected chi connectivity index (χ4v) is 3.09. The second-order valence-electron chi connectivity index (χ2n) is 5.48. The molecule has 0 aliphatic carbocycles. The Morgan fingerprint density at radius 1 is 1.23 bits per heavy atom. The van der Waals surface area contributed by atoms with Crippen molar-refractivity contribution in [1.82, 2.24) is 25.5 Å². The summed E-state index contributed by atoms with van der Waals surface area (Å²) in [5.41, 5.74) is 1.58. The Bertz CT molecular complexity index is 885. The van der Waals surface area contributed by atoms with Crippen molar-refractivity contribution < 1.29 is 9.18 Å². The van der Waals surface area contributed by atoms with Gasteiger partial charge in [-0.2, -0.15) is 4.68 Å². The van der Waals surface area contributed by atoms with Gasteiger partial charge in [0.15, 0.2) is 0 Å². The van der Waals surface area contributed by atoms with Gasteiger partial charge in [-0.3, -0.25) is 4.79 Å². The summed E-state index contributed by atoms with van der Waals surface area (Å²) in [6, 6.07) is 12.9. The van der Waals surface area contributed by atoms with E-state index in [-0.39, 0.29) is 23.5 Å². The van der Waals surface area contributed by atoms with E-state index >= 15 is 0 Å². The summed E-state index contributed by atoms with van der Waals surface area (Å²) in [6.45, 7) is 1.84. The van der Waals surface area contributed by atoms with Crippen LogP contribution in [-0.2, 0) is 4.79 Å². The molecule has 2 aromatic carbocycles. The zero-order valence-electron chi connectivity index (χ0n) is 13.8. The number of nitrogens with zero attached hydrogens (tertiary/aromatic N) is 4. The Hall–Kier alpha value is -2.45. The lowest BCUT2D eigenvalue weighted by Crippen LogP contribution is -2.28. The highest BCUT2D eigenvalue weighted by molar-refractivity contribution is 7.99. The predicted octanol–water partition coefficient (Wildman–Crippen LogP) is 3.42. The van der Waals surface area contributed by atoms with Crippen LogP contribution in [0.25, 0.3) is 5.69 Å². The smallest absolute Gasteiger partial charge is 0.230 e. The monoisotopic (exact) mass is 391 g/mol. The molecular weight excluding hydrogens is 377 g/mol. The van der Waals surface area contributed by atoms with Gasteiger partial charge in [0, 0.05) is 5.02 Å². The zero-order chi connectivity index (χ0) is 18.5. The molecule has 26 heavy (non-hydrogen) atoms. The van der Waals surface area contributed by atoms with E-state index in [1.165, 1.54) is 28.6 Å². The topological polar surface area (TPSA) is 72.7 Å². The molecule has 0 aliphatic heterocycles. The average Bonchev–Trinajstić information content (AvgIpc) is 3.09. The minimum absolute atomic E-state index is 0.152. The van der Waals surface area contributed by atoms with E-state index in [2.05, 4.69) is 20.8 Å². The molecular formula is C17H15ClFN5OS. The van der Waals surface area contributed by atoms with Crippen molar-refractivity contribution in [3.8, 4) is 5.69 Å². The molecule has 1 aromatic heterocycles. The number of benzene rings is 2. The van der Waals surface area contributed by atoms with Crippen LogP contribution in [0.4, 0.5) is 4.39 Å². The molecule has 1 unspecified atom stereocenters. The highest BCUT2D eigenvalue weighted by Crippen LogP contribution is 2.20. The number of aromatic nitrogens is 4. The molecule has 3 aromatic rings. The molecule has 134 valence electrons. The van der Waals surface area contributed by atoms with Gasteiger partial charge in [-0.15, -0.1) is 5.10 Å². The van der Waals surface area contributed by atoms with E-state index in [4.69, 9.17) is 11.6 Å². The Morgan fingerprint density at radius 3 is 2.62 bits per heavy atom. The highest BCUT2D eigenvalue weighted by Gasteiger charge is 2.14. The van der Waals surface area contributed by atoms with Crippen LogP contribution in [-0.4, -0.2) is 31.9 Å². The molecule has 0 aliphatic rings. The van der Waals surface area contributed by atoms with Crippen molar-refractivity contribution >= 4 is 29.3 Å². The molecule has 0 radical (unpaired) electrons. The maximum atomic E-state index is 13.0. The first kappa shape index (κ1) is 18.3. The SMILES string of the molecule is CC(NC(=O)CSc1nnnn1-c1ccc(Cl)cc1)c1ccc(F)cc1. The van der Waals surface area contributed by atoms with E-state index in [0.717, 1.165) is 11.3 Å². The molecule has 9 heteroatoms. The van der Waals surface area contributed by atoms with Crippen LogP contribution in [0.15, 0.2) is 53.7 Å². The minimum atomic E-state index is -0.308. The Morgan fingerprint density at radius 2 is 1.92 bits per heavy atom. The summed E-state index contributed by atoms with van der Waals surface area (Å²) in [5, 5.41) is 15.5. The van der Waals surface area contributed by atoms with Gasteiger partial charge < -0.3 is 5.32 Å². The Balaban J connectivity index is 1.59. The van der Waals surface area contributed by atoms with Crippen LogP contribution in [0.1, 0.15) is 18.5 Å². The molecule has 6 nitrogen and oxygen atoms in total. The number of amides is 1. The lowest BCUT2D eigenvalue weighted by molar-refractivity contribution is -0.119. The van der Waals surface area contributed by atoms with Gasteiger partial charge in [0.25, 0.3) is 0 Å². The number of hydrogen-bond donors (Lipinski definition) is 1. The number of carbonyl (C=O) groups excluding carboxylic acids is 1. The number of thioether (sulfide) groups is 1. The zero-order valence-corrected chi connectivity index (χ0v) is 15.3. The third kappa shape index (κ3) is 4.59. The fraction of sp³-hybridized carbons (Fsp3) is 0.176. The van der Waals surface area contributed by atoms with Crippen LogP contribution in [0.2, 0.25) is 5.02 Å². The molecule has 1 atom stereocenters. The Labute approximate surface area is 158 Å². The van der Waals surface area contributed by atoms with Gasteiger partial charge in [-0.05, 0) is 59.3 Å². The summed E-state index contributed by atoms with van der Waals surface area (Å²) in [7, 11) is 0. The third-order valence-electron chi connectivity index (χ3n) is 3.59. The van der Waals surface area contributed by atoms with Crippen molar-refractivity contribution in [2.75, 3.05) is 5.75 Å². The minimum Gasteiger partial charge on any atom is -0.349 e. The molecule has 0 spiro atoms. The van der Waals surface area contributed by atoms with E-state index in [0.29, 0.717) is 10.2 Å². The van der Waals surface area contributed by atoms with Crippen molar-refractivity contribution in [1.29, 1.82) is 0 Å². The van der Waals surface area contributed by atoms with Gasteiger partial charge in [0.05, 0.1) is 17.5 Å². The Kier molecular flexibility index (Phi) is 5.85. The molecule has 0 bridgehead atoms. The summed E-state index contributed by atoms with van der Waals surface area (Å²) in [4.78, 5) is 12.2. The number of tetrazole rings is 1. The fourth-order valence-electron chi connectivity index (χ4n) is 2.26. The molecule has 3 rings (SSSR count). The van der Waals surface area contributed by atoms with E-state index < -0.39 is 0 Å². The van der Waals surface area contributed by atoms with Crippen LogP contribution in [0, 0.1) is 5.82 Å². The summed E-state index contributed by atoms with van der Waals surface area (Å²) in [5.74, 6) is -0.325. The molecule has 1 N–H and O–H groups in total. The number of nitrogens with one attached hydrogen (secondary N) is 1. The van der Waals surface area contributed by atoms with Gasteiger partial charge in [-0.25, -0.2) is 4.39 Å². The largest absolute Gasteiger partial charge is 0.349 e. The number of carbonyl (C=O) groups is 1. The van der Waals surface area contributed by atoms with Gasteiger partial charge in [0.1, 0.15) is 5.82 Å². The highest BCUT2D eigenvalue weighted by atomic mass is 35.5. The van der Waals surface area contributed by atoms with Gasteiger partial charge >= 0.3 is 0 Å². The first-order chi connectivity index (χ1) is 12.5. The van der Waals surface area contributed by atoms with Crippen molar-refractivity contribution in [3.05, 3.63) is 64.9 Å². The number of rotatable bonds is 6. The lowest BCUT2D eigenvalue weighted by Gasteiger charge is -2.14. The van der Waals surface area contributed by atoms with E-state index in [9.17, 15) is 9.18 Å². The van der Waals surface area contributed by atoms with Crippen molar-refractivity contribution in [3.63, 3.8) is 0 Å². The van der Waals surface area contributed by atoms with Crippen LogP contribution in [0.5, 0.6) is 0 Å². The molecule has 0 saturated carbocycles. The predicted molar refractivity (Wildman–Crippen MR) is 97.8 cm³/mol. The first-order valence-electron chi connectivity index (χ1n) is 7.75. The number of halogens is 2. The first-order valence-corrected chi connectivity index (χ1v) is 9.11. The molecule has 1 heterocycles. The maximum Gasteiger partial charge on any atom is 0.230 e. The summed E-state index contributed by atoms with van der Waals surface area (Å²) < 4.78 is 14.5. The molecule has 0 saturated heterocycles. The average molecular weight is 392 g/mol. The number of hydrogen-bond acceptors (Lipinski definition) is 5. The van der Waals surface area contributed by atoms with Crippen molar-refractivity contribution in [2.24, 2.45) is 0 Å². The molecule has 0 fully saturated rings. The maximum absolute atomic E-state index is 13.0. The van der Waals surface area contributed by atoms with E-state index in [1.807, 2.05) is 6.92 Å². The van der Waals surface area contributed by atoms with Crippen LogP contribution in [0.3, 0.4) is 0 Å². The third-order valence-corrected chi connectivity index (χ3v) is 4.76. The molecule has 1 amide bonds. The van der Waals surface area contributed by atoms with Crippen LogP contribution >= 0.6 is 23.4 Å².